The minimum Gasteiger partial charge on any atom is -0.618 e. The Morgan fingerprint density at radius 1 is 0.870 bits per heavy atom. The first-order valence-electron chi connectivity index (χ1n) is 8.05. The van der Waals surface area contributed by atoms with Gasteiger partial charge in [-0.15, -0.1) is 0 Å². The van der Waals surface area contributed by atoms with E-state index in [4.69, 9.17) is 4.74 Å². The topological polar surface area (TPSA) is 36.2 Å². The highest BCUT2D eigenvalue weighted by atomic mass is 16.5. The lowest BCUT2D eigenvalue weighted by Crippen LogP contribution is -2.31. The highest BCUT2D eigenvalue weighted by Gasteiger charge is 2.07. The van der Waals surface area contributed by atoms with Gasteiger partial charge in [-0.25, -0.2) is 0 Å². The predicted octanol–water partition coefficient (Wildman–Crippen LogP) is 4.01. The van der Waals surface area contributed by atoms with Crippen molar-refractivity contribution in [3.05, 3.63) is 83.3 Å². The fraction of sp³-hybridized carbons (Fsp3) is 0.250. The minimum absolute atomic E-state index is 0.651. The first-order valence-corrected chi connectivity index (χ1v) is 8.05. The van der Waals surface area contributed by atoms with Crippen LogP contribution in [0.15, 0.2) is 66.9 Å². The average Bonchev–Trinajstić information content (AvgIpc) is 2.59. The molecule has 0 saturated carbocycles. The molecule has 0 amide bonds. The number of nitrogens with zero attached hydrogens (tertiary/aromatic N) is 1. The lowest BCUT2D eigenvalue weighted by atomic mass is 10.1. The van der Waals surface area contributed by atoms with Crippen LogP contribution in [0.2, 0.25) is 0 Å². The van der Waals surface area contributed by atoms with Gasteiger partial charge in [0.25, 0.3) is 0 Å². The van der Waals surface area contributed by atoms with Crippen molar-refractivity contribution in [3.63, 3.8) is 0 Å². The number of pyridine rings is 1. The molecule has 1 heterocycles. The van der Waals surface area contributed by atoms with Crippen LogP contribution in [0.4, 0.5) is 0 Å². The number of hydrogen-bond donors (Lipinski definition) is 0. The lowest BCUT2D eigenvalue weighted by molar-refractivity contribution is -0.612. The average molecular weight is 307 g/mol. The van der Waals surface area contributed by atoms with Gasteiger partial charge in [0.1, 0.15) is 0 Å². The molecular formula is C20H21NO2. The summed E-state index contributed by atoms with van der Waals surface area (Å²) in [7, 11) is 0. The van der Waals surface area contributed by atoms with Gasteiger partial charge >= 0.3 is 0 Å². The maximum Gasteiger partial charge on any atom is 0.193 e. The lowest BCUT2D eigenvalue weighted by Gasteiger charge is -2.07. The number of unbranched alkanes of at least 4 members (excludes halogenated alkanes) is 1. The Balaban J connectivity index is 1.44. The second-order valence-corrected chi connectivity index (χ2v) is 5.71. The van der Waals surface area contributed by atoms with Crippen molar-refractivity contribution in [3.8, 4) is 0 Å². The largest absolute Gasteiger partial charge is 0.618 e. The van der Waals surface area contributed by atoms with Crippen LogP contribution in [0, 0.1) is 5.21 Å². The van der Waals surface area contributed by atoms with E-state index in [0.29, 0.717) is 6.61 Å². The third kappa shape index (κ3) is 4.30. The molecule has 3 heteroatoms. The Morgan fingerprint density at radius 2 is 1.61 bits per heavy atom. The standard InChI is InChI=1S/C20H21NO2/c22-21-15-19-11-5-4-10-18(19)14-20(21)12-6-7-13-23-16-17-8-2-1-3-9-17/h1-5,8-11,14-15H,6-7,12-13,16H2. The molecule has 0 radical (unpaired) electrons. The summed E-state index contributed by atoms with van der Waals surface area (Å²) >= 11 is 0. The van der Waals surface area contributed by atoms with E-state index in [1.165, 1.54) is 5.56 Å². The summed E-state index contributed by atoms with van der Waals surface area (Å²) < 4.78 is 6.67. The van der Waals surface area contributed by atoms with Crippen LogP contribution in [-0.4, -0.2) is 6.61 Å². The number of fused-ring (bicyclic) bond motifs is 1. The third-order valence-electron chi connectivity index (χ3n) is 3.94. The Hall–Kier alpha value is -2.39. The zero-order valence-electron chi connectivity index (χ0n) is 13.2. The predicted molar refractivity (Wildman–Crippen MR) is 91.9 cm³/mol. The molecule has 0 aliphatic rings. The molecule has 2 aromatic carbocycles. The van der Waals surface area contributed by atoms with Gasteiger partial charge in [-0.3, -0.25) is 0 Å². The van der Waals surface area contributed by atoms with Gasteiger partial charge in [0.2, 0.25) is 0 Å². The number of benzene rings is 2. The van der Waals surface area contributed by atoms with E-state index in [0.717, 1.165) is 47.1 Å². The normalized spacial score (nSPS) is 11.0. The van der Waals surface area contributed by atoms with Crippen molar-refractivity contribution in [2.45, 2.75) is 25.9 Å². The molecule has 1 aromatic heterocycles. The number of rotatable bonds is 7. The third-order valence-corrected chi connectivity index (χ3v) is 3.94. The summed E-state index contributed by atoms with van der Waals surface area (Å²) in [6.45, 7) is 1.37. The van der Waals surface area contributed by atoms with Gasteiger partial charge in [0, 0.05) is 24.5 Å². The summed E-state index contributed by atoms with van der Waals surface area (Å²) in [5.41, 5.74) is 2.02. The maximum absolute atomic E-state index is 12.0. The highest BCUT2D eigenvalue weighted by molar-refractivity contribution is 5.80. The molecule has 23 heavy (non-hydrogen) atoms. The minimum atomic E-state index is 0.651. The van der Waals surface area contributed by atoms with Gasteiger partial charge in [-0.05, 0) is 29.9 Å². The molecule has 0 saturated heterocycles. The Kier molecular flexibility index (Phi) is 5.22. The van der Waals surface area contributed by atoms with Gasteiger partial charge in [0.15, 0.2) is 11.9 Å². The van der Waals surface area contributed by atoms with Crippen molar-refractivity contribution in [1.29, 1.82) is 0 Å². The Bertz CT molecular complexity index is 756. The molecule has 118 valence electrons. The Morgan fingerprint density at radius 3 is 2.43 bits per heavy atom. The van der Waals surface area contributed by atoms with Crippen LogP contribution in [-0.2, 0) is 17.8 Å². The second kappa shape index (κ2) is 7.75. The molecule has 3 aromatic rings. The molecule has 0 aliphatic heterocycles. The van der Waals surface area contributed by atoms with Crippen molar-refractivity contribution < 1.29 is 9.47 Å². The van der Waals surface area contributed by atoms with Crippen LogP contribution in [0.5, 0.6) is 0 Å². The monoisotopic (exact) mass is 307 g/mol. The molecule has 0 N–H and O–H groups in total. The van der Waals surface area contributed by atoms with Crippen LogP contribution in [0.1, 0.15) is 24.1 Å². The van der Waals surface area contributed by atoms with E-state index in [1.54, 1.807) is 6.20 Å². The van der Waals surface area contributed by atoms with Crippen LogP contribution < -0.4 is 4.73 Å². The zero-order chi connectivity index (χ0) is 15.9. The number of hydrogen-bond acceptors (Lipinski definition) is 2. The smallest absolute Gasteiger partial charge is 0.193 e. The van der Waals surface area contributed by atoms with Gasteiger partial charge in [-0.2, -0.15) is 4.73 Å². The van der Waals surface area contributed by atoms with Gasteiger partial charge in [0.05, 0.1) is 6.61 Å². The van der Waals surface area contributed by atoms with Crippen molar-refractivity contribution in [1.82, 2.24) is 0 Å². The molecule has 0 unspecified atom stereocenters. The number of ether oxygens (including phenoxy) is 1. The first-order chi connectivity index (χ1) is 11.3. The van der Waals surface area contributed by atoms with Crippen LogP contribution >= 0.6 is 0 Å². The first kappa shape index (κ1) is 15.5. The fourth-order valence-corrected chi connectivity index (χ4v) is 2.67. The maximum atomic E-state index is 12.0. The molecule has 3 nitrogen and oxygen atoms in total. The molecule has 3 rings (SSSR count). The molecule has 0 atom stereocenters. The Labute approximate surface area is 136 Å². The zero-order valence-corrected chi connectivity index (χ0v) is 13.2. The molecule has 0 aliphatic carbocycles. The number of aromatic nitrogens is 1. The van der Waals surface area contributed by atoms with E-state index < -0.39 is 0 Å². The van der Waals surface area contributed by atoms with Gasteiger partial charge < -0.3 is 9.94 Å². The molecule has 0 bridgehead atoms. The molecule has 0 fully saturated rings. The van der Waals surface area contributed by atoms with Crippen molar-refractivity contribution in [2.75, 3.05) is 6.61 Å². The number of aryl methyl sites for hydroxylation is 1. The summed E-state index contributed by atoms with van der Waals surface area (Å²) in [6.07, 6.45) is 4.36. The van der Waals surface area contributed by atoms with Crippen LogP contribution in [0.25, 0.3) is 10.8 Å². The fourth-order valence-electron chi connectivity index (χ4n) is 2.67. The second-order valence-electron chi connectivity index (χ2n) is 5.71. The highest BCUT2D eigenvalue weighted by Crippen LogP contribution is 2.13. The van der Waals surface area contributed by atoms with Gasteiger partial charge in [-0.1, -0.05) is 48.5 Å². The van der Waals surface area contributed by atoms with Crippen molar-refractivity contribution in [2.24, 2.45) is 0 Å². The van der Waals surface area contributed by atoms with Crippen molar-refractivity contribution >= 4 is 10.8 Å². The summed E-state index contributed by atoms with van der Waals surface area (Å²) in [5, 5.41) is 14.1. The van der Waals surface area contributed by atoms with E-state index in [1.807, 2.05) is 48.5 Å². The summed E-state index contributed by atoms with van der Waals surface area (Å²) in [4.78, 5) is 0. The summed E-state index contributed by atoms with van der Waals surface area (Å²) in [5.74, 6) is 0. The SMILES string of the molecule is [O-][n+]1cc2ccccc2cc1CCCCOCc1ccccc1. The van der Waals surface area contributed by atoms with Crippen LogP contribution in [0.3, 0.4) is 0 Å². The quantitative estimate of drug-likeness (QED) is 0.375. The summed E-state index contributed by atoms with van der Waals surface area (Å²) in [6, 6.07) is 20.1. The van der Waals surface area contributed by atoms with E-state index >= 15 is 0 Å². The molecular weight excluding hydrogens is 286 g/mol. The van der Waals surface area contributed by atoms with E-state index in [9.17, 15) is 5.21 Å². The molecule has 0 spiro atoms. The van der Waals surface area contributed by atoms with E-state index in [-0.39, 0.29) is 0 Å². The van der Waals surface area contributed by atoms with E-state index in [2.05, 4.69) is 12.1 Å².